The molecular formula is C21H24ClN3O2. The van der Waals surface area contributed by atoms with Crippen LogP contribution in [0, 0.1) is 0 Å². The van der Waals surface area contributed by atoms with Gasteiger partial charge in [0, 0.05) is 30.2 Å². The van der Waals surface area contributed by atoms with E-state index >= 15 is 0 Å². The molecule has 1 aliphatic rings. The third-order valence-corrected chi connectivity index (χ3v) is 4.91. The van der Waals surface area contributed by atoms with Gasteiger partial charge in [0.15, 0.2) is 0 Å². The summed E-state index contributed by atoms with van der Waals surface area (Å²) < 4.78 is 0. The molecule has 5 nitrogen and oxygen atoms in total. The average Bonchev–Trinajstić information content (AvgIpc) is 2.70. The number of carbonyl (C=O) groups excluding carboxylic acids is 2. The first-order chi connectivity index (χ1) is 13.1. The van der Waals surface area contributed by atoms with Crippen LogP contribution in [-0.2, 0) is 11.2 Å². The number of carbonyl (C=O) groups is 2. The Balaban J connectivity index is 1.69. The van der Waals surface area contributed by atoms with E-state index in [0.29, 0.717) is 17.1 Å². The van der Waals surface area contributed by atoms with Gasteiger partial charge < -0.3 is 15.5 Å². The molecule has 1 fully saturated rings. The minimum atomic E-state index is -0.599. The quantitative estimate of drug-likeness (QED) is 0.814. The molecule has 0 bridgehead atoms. The summed E-state index contributed by atoms with van der Waals surface area (Å²) in [6.07, 6.45) is 3.64. The number of piperidine rings is 1. The summed E-state index contributed by atoms with van der Waals surface area (Å²) in [5, 5.41) is 6.22. The van der Waals surface area contributed by atoms with Crippen molar-refractivity contribution in [3.8, 4) is 0 Å². The van der Waals surface area contributed by atoms with E-state index in [1.54, 1.807) is 24.3 Å². The molecular weight excluding hydrogens is 362 g/mol. The van der Waals surface area contributed by atoms with Crippen molar-refractivity contribution >= 4 is 29.2 Å². The molecule has 2 aromatic rings. The fourth-order valence-electron chi connectivity index (χ4n) is 3.24. The zero-order valence-electron chi connectivity index (χ0n) is 15.2. The molecule has 1 aliphatic heterocycles. The van der Waals surface area contributed by atoms with Crippen molar-refractivity contribution in [1.82, 2.24) is 10.2 Å². The van der Waals surface area contributed by atoms with E-state index in [-0.39, 0.29) is 5.91 Å². The number of rotatable bonds is 5. The van der Waals surface area contributed by atoms with Crippen molar-refractivity contribution < 1.29 is 9.59 Å². The van der Waals surface area contributed by atoms with Crippen LogP contribution in [0.1, 0.15) is 24.8 Å². The van der Waals surface area contributed by atoms with Crippen molar-refractivity contribution in [3.63, 3.8) is 0 Å². The van der Waals surface area contributed by atoms with Crippen molar-refractivity contribution in [2.45, 2.75) is 31.7 Å². The number of benzene rings is 2. The van der Waals surface area contributed by atoms with Crippen molar-refractivity contribution in [2.24, 2.45) is 0 Å². The standard InChI is InChI=1S/C21H24ClN3O2/c22-17-9-11-18(12-10-17)23-21(27)24-19(15-16-7-3-1-4-8-16)20(26)25-13-5-2-6-14-25/h1,3-4,7-12,19H,2,5-6,13-15H2,(H2,23,24,27)/t19-/m1/s1. The van der Waals surface area contributed by atoms with E-state index in [2.05, 4.69) is 10.6 Å². The summed E-state index contributed by atoms with van der Waals surface area (Å²) in [5.74, 6) is -0.0233. The molecule has 1 heterocycles. The number of nitrogens with zero attached hydrogens (tertiary/aromatic N) is 1. The predicted molar refractivity (Wildman–Crippen MR) is 108 cm³/mol. The highest BCUT2D eigenvalue weighted by molar-refractivity contribution is 6.30. The molecule has 3 amide bonds. The summed E-state index contributed by atoms with van der Waals surface area (Å²) in [7, 11) is 0. The Hall–Kier alpha value is -2.53. The van der Waals surface area contributed by atoms with Gasteiger partial charge in [-0.3, -0.25) is 4.79 Å². The van der Waals surface area contributed by atoms with Crippen molar-refractivity contribution in [3.05, 3.63) is 65.2 Å². The maximum absolute atomic E-state index is 13.0. The second kappa shape index (κ2) is 9.42. The Labute approximate surface area is 164 Å². The Bertz CT molecular complexity index is 759. The molecule has 0 aliphatic carbocycles. The Morgan fingerprint density at radius 2 is 1.63 bits per heavy atom. The maximum atomic E-state index is 13.0. The molecule has 0 radical (unpaired) electrons. The van der Waals surface area contributed by atoms with Gasteiger partial charge in [-0.2, -0.15) is 0 Å². The molecule has 0 aromatic heterocycles. The third-order valence-electron chi connectivity index (χ3n) is 4.66. The number of halogens is 1. The number of hydrogen-bond donors (Lipinski definition) is 2. The van der Waals surface area contributed by atoms with E-state index in [1.165, 1.54) is 0 Å². The second-order valence-electron chi connectivity index (χ2n) is 6.73. The van der Waals surface area contributed by atoms with Crippen LogP contribution in [-0.4, -0.2) is 36.0 Å². The molecule has 1 atom stereocenters. The van der Waals surface area contributed by atoms with Crippen LogP contribution in [0.3, 0.4) is 0 Å². The molecule has 0 saturated carbocycles. The number of anilines is 1. The molecule has 1 saturated heterocycles. The molecule has 6 heteroatoms. The van der Waals surface area contributed by atoms with Gasteiger partial charge in [-0.15, -0.1) is 0 Å². The number of nitrogens with one attached hydrogen (secondary N) is 2. The minimum absolute atomic E-state index is 0.0233. The van der Waals surface area contributed by atoms with Crippen molar-refractivity contribution in [2.75, 3.05) is 18.4 Å². The van der Waals surface area contributed by atoms with Crippen LogP contribution in [0.5, 0.6) is 0 Å². The van der Waals surface area contributed by atoms with Gasteiger partial charge in [0.1, 0.15) is 6.04 Å². The molecule has 0 spiro atoms. The monoisotopic (exact) mass is 385 g/mol. The summed E-state index contributed by atoms with van der Waals surface area (Å²) in [5.41, 5.74) is 1.64. The predicted octanol–water partition coefficient (Wildman–Crippen LogP) is 4.09. The van der Waals surface area contributed by atoms with Crippen LogP contribution in [0.25, 0.3) is 0 Å². The Morgan fingerprint density at radius 3 is 2.30 bits per heavy atom. The van der Waals surface area contributed by atoms with E-state index in [4.69, 9.17) is 11.6 Å². The van der Waals surface area contributed by atoms with Crippen LogP contribution in [0.4, 0.5) is 10.5 Å². The normalized spacial score (nSPS) is 15.1. The molecule has 3 rings (SSSR count). The zero-order chi connectivity index (χ0) is 19.1. The highest BCUT2D eigenvalue weighted by Gasteiger charge is 2.27. The first-order valence-electron chi connectivity index (χ1n) is 9.27. The van der Waals surface area contributed by atoms with Gasteiger partial charge in [-0.1, -0.05) is 41.9 Å². The van der Waals surface area contributed by atoms with E-state index < -0.39 is 12.1 Å². The second-order valence-corrected chi connectivity index (χ2v) is 7.17. The molecule has 2 N–H and O–H groups in total. The minimum Gasteiger partial charge on any atom is -0.341 e. The number of urea groups is 1. The highest BCUT2D eigenvalue weighted by Crippen LogP contribution is 2.15. The smallest absolute Gasteiger partial charge is 0.319 e. The first kappa shape index (κ1) is 19.2. The summed E-state index contributed by atoms with van der Waals surface area (Å²) in [6.45, 7) is 1.51. The number of likely N-dealkylation sites (tertiary alicyclic amines) is 1. The lowest BCUT2D eigenvalue weighted by Gasteiger charge is -2.31. The van der Waals surface area contributed by atoms with E-state index in [9.17, 15) is 9.59 Å². The average molecular weight is 386 g/mol. The Kier molecular flexibility index (Phi) is 6.71. The maximum Gasteiger partial charge on any atom is 0.319 e. The molecule has 2 aromatic carbocycles. The topological polar surface area (TPSA) is 61.4 Å². The van der Waals surface area contributed by atoms with E-state index in [1.807, 2.05) is 35.2 Å². The molecule has 0 unspecified atom stereocenters. The van der Waals surface area contributed by atoms with Crippen LogP contribution in [0.2, 0.25) is 5.02 Å². The summed E-state index contributed by atoms with van der Waals surface area (Å²) >= 11 is 5.87. The Morgan fingerprint density at radius 1 is 0.963 bits per heavy atom. The fraction of sp³-hybridized carbons (Fsp3) is 0.333. The van der Waals surface area contributed by atoms with Crippen molar-refractivity contribution in [1.29, 1.82) is 0 Å². The third kappa shape index (κ3) is 5.73. The zero-order valence-corrected chi connectivity index (χ0v) is 15.9. The SMILES string of the molecule is O=C(Nc1ccc(Cl)cc1)N[C@H](Cc1ccccc1)C(=O)N1CCCCC1. The van der Waals surface area contributed by atoms with Crippen LogP contribution in [0.15, 0.2) is 54.6 Å². The lowest BCUT2D eigenvalue weighted by molar-refractivity contribution is -0.134. The lowest BCUT2D eigenvalue weighted by Crippen LogP contribution is -2.52. The van der Waals surface area contributed by atoms with Gasteiger partial charge in [-0.25, -0.2) is 4.79 Å². The lowest BCUT2D eigenvalue weighted by atomic mass is 10.0. The van der Waals surface area contributed by atoms with Crippen LogP contribution < -0.4 is 10.6 Å². The van der Waals surface area contributed by atoms with Gasteiger partial charge in [0.25, 0.3) is 0 Å². The molecule has 27 heavy (non-hydrogen) atoms. The fourth-order valence-corrected chi connectivity index (χ4v) is 3.37. The van der Waals surface area contributed by atoms with Gasteiger partial charge in [0.2, 0.25) is 5.91 Å². The number of hydrogen-bond acceptors (Lipinski definition) is 2. The molecule has 142 valence electrons. The van der Waals surface area contributed by atoms with Crippen LogP contribution >= 0.6 is 11.6 Å². The van der Waals surface area contributed by atoms with Gasteiger partial charge in [0.05, 0.1) is 0 Å². The van der Waals surface area contributed by atoms with Gasteiger partial charge >= 0.3 is 6.03 Å². The largest absolute Gasteiger partial charge is 0.341 e. The highest BCUT2D eigenvalue weighted by atomic mass is 35.5. The van der Waals surface area contributed by atoms with Gasteiger partial charge in [-0.05, 0) is 49.1 Å². The number of amides is 3. The summed E-state index contributed by atoms with van der Waals surface area (Å²) in [4.78, 5) is 27.3. The van der Waals surface area contributed by atoms with E-state index in [0.717, 1.165) is 37.9 Å². The first-order valence-corrected chi connectivity index (χ1v) is 9.65. The summed E-state index contributed by atoms with van der Waals surface area (Å²) in [6, 6.07) is 15.6.